The predicted molar refractivity (Wildman–Crippen MR) is 90.7 cm³/mol. The maximum absolute atomic E-state index is 12.1. The Kier molecular flexibility index (Phi) is 5.73. The van der Waals surface area contributed by atoms with Crippen molar-refractivity contribution in [1.82, 2.24) is 0 Å². The van der Waals surface area contributed by atoms with Gasteiger partial charge in [0.15, 0.2) is 17.3 Å². The number of allylic oxidation sites excluding steroid dienone is 1. The lowest BCUT2D eigenvalue weighted by Crippen LogP contribution is -2.06. The van der Waals surface area contributed by atoms with Gasteiger partial charge in [0.25, 0.3) is 0 Å². The van der Waals surface area contributed by atoms with E-state index in [-0.39, 0.29) is 17.8 Å². The van der Waals surface area contributed by atoms with Gasteiger partial charge in [-0.15, -0.1) is 0 Å². The molecule has 5 heteroatoms. The lowest BCUT2D eigenvalue weighted by atomic mass is 10.0. The zero-order chi connectivity index (χ0) is 17.5. The minimum absolute atomic E-state index is 0.0340. The van der Waals surface area contributed by atoms with Gasteiger partial charge < -0.3 is 14.6 Å². The second-order valence-corrected chi connectivity index (χ2v) is 5.05. The van der Waals surface area contributed by atoms with E-state index in [4.69, 9.17) is 14.6 Å². The molecule has 0 amide bonds. The van der Waals surface area contributed by atoms with Gasteiger partial charge in [-0.3, -0.25) is 4.79 Å². The van der Waals surface area contributed by atoms with Gasteiger partial charge in [0.1, 0.15) is 0 Å². The van der Waals surface area contributed by atoms with E-state index in [1.54, 1.807) is 56.7 Å². The topological polar surface area (TPSA) is 72.8 Å². The summed E-state index contributed by atoms with van der Waals surface area (Å²) in [6.45, 7) is 0. The molecule has 0 radical (unpaired) electrons. The third kappa shape index (κ3) is 4.23. The highest BCUT2D eigenvalue weighted by Gasteiger charge is 2.11. The van der Waals surface area contributed by atoms with Gasteiger partial charge in [0, 0.05) is 6.42 Å². The van der Waals surface area contributed by atoms with E-state index in [2.05, 4.69) is 0 Å². The van der Waals surface area contributed by atoms with Crippen molar-refractivity contribution < 1.29 is 24.2 Å². The number of ketones is 1. The van der Waals surface area contributed by atoms with Crippen molar-refractivity contribution in [2.45, 2.75) is 6.42 Å². The molecule has 0 saturated heterocycles. The average molecular weight is 326 g/mol. The summed E-state index contributed by atoms with van der Waals surface area (Å²) in [6, 6.07) is 11.8. The summed E-state index contributed by atoms with van der Waals surface area (Å²) in [5.41, 5.74) is 1.42. The summed E-state index contributed by atoms with van der Waals surface area (Å²) in [5, 5.41) is 9.14. The van der Waals surface area contributed by atoms with E-state index in [0.29, 0.717) is 17.1 Å². The highest BCUT2D eigenvalue weighted by atomic mass is 16.5. The van der Waals surface area contributed by atoms with Crippen LogP contribution in [0.4, 0.5) is 0 Å². The molecule has 0 aliphatic rings. The molecular weight excluding hydrogens is 308 g/mol. The molecule has 0 atom stereocenters. The first-order chi connectivity index (χ1) is 11.5. The molecule has 0 aliphatic heterocycles. The molecule has 0 spiro atoms. The van der Waals surface area contributed by atoms with Gasteiger partial charge in [0.05, 0.1) is 19.8 Å². The highest BCUT2D eigenvalue weighted by Crippen LogP contribution is 2.28. The SMILES string of the molecule is COc1ccc(/C=C/C(=O)Cc2ccccc2C(=O)O)cc1OC. The number of carbonyl (C=O) groups excluding carboxylic acids is 1. The molecule has 24 heavy (non-hydrogen) atoms. The van der Waals surface area contributed by atoms with Crippen molar-refractivity contribution in [2.75, 3.05) is 14.2 Å². The molecule has 2 aromatic rings. The van der Waals surface area contributed by atoms with Crippen molar-refractivity contribution >= 4 is 17.8 Å². The van der Waals surface area contributed by atoms with Gasteiger partial charge >= 0.3 is 5.97 Å². The minimum Gasteiger partial charge on any atom is -0.493 e. The van der Waals surface area contributed by atoms with Crippen LogP contribution in [0.1, 0.15) is 21.5 Å². The Morgan fingerprint density at radius 3 is 2.42 bits per heavy atom. The fourth-order valence-corrected chi connectivity index (χ4v) is 2.28. The number of rotatable bonds is 7. The van der Waals surface area contributed by atoms with Crippen LogP contribution >= 0.6 is 0 Å². The number of hydrogen-bond donors (Lipinski definition) is 1. The summed E-state index contributed by atoms with van der Waals surface area (Å²) < 4.78 is 10.4. The summed E-state index contributed by atoms with van der Waals surface area (Å²) in [5.74, 6) is -0.0413. The van der Waals surface area contributed by atoms with Crippen LogP contribution in [0.15, 0.2) is 48.5 Å². The molecule has 124 valence electrons. The van der Waals surface area contributed by atoms with E-state index in [1.807, 2.05) is 0 Å². The number of hydrogen-bond acceptors (Lipinski definition) is 4. The van der Waals surface area contributed by atoms with Crippen LogP contribution in [0.2, 0.25) is 0 Å². The Labute approximate surface area is 140 Å². The Bertz CT molecular complexity index is 777. The summed E-state index contributed by atoms with van der Waals surface area (Å²) >= 11 is 0. The number of methoxy groups -OCH3 is 2. The van der Waals surface area contributed by atoms with E-state index in [0.717, 1.165) is 5.56 Å². The number of carbonyl (C=O) groups is 2. The van der Waals surface area contributed by atoms with E-state index >= 15 is 0 Å². The van der Waals surface area contributed by atoms with Crippen LogP contribution in [0, 0.1) is 0 Å². The van der Waals surface area contributed by atoms with Crippen molar-refractivity contribution in [1.29, 1.82) is 0 Å². The summed E-state index contributed by atoms with van der Waals surface area (Å²) in [6.07, 6.45) is 3.12. The van der Waals surface area contributed by atoms with Crippen LogP contribution in [0.5, 0.6) is 11.5 Å². The van der Waals surface area contributed by atoms with Gasteiger partial charge in [-0.1, -0.05) is 30.3 Å². The molecule has 2 aromatic carbocycles. The maximum atomic E-state index is 12.1. The van der Waals surface area contributed by atoms with Gasteiger partial charge in [-0.2, -0.15) is 0 Å². The van der Waals surface area contributed by atoms with Crippen LogP contribution in [-0.4, -0.2) is 31.1 Å². The van der Waals surface area contributed by atoms with E-state index in [1.165, 1.54) is 12.1 Å². The predicted octanol–water partition coefficient (Wildman–Crippen LogP) is 3.23. The number of benzene rings is 2. The quantitative estimate of drug-likeness (QED) is 0.791. The molecule has 1 N–H and O–H groups in total. The van der Waals surface area contributed by atoms with Crippen molar-refractivity contribution in [3.8, 4) is 11.5 Å². The lowest BCUT2D eigenvalue weighted by Gasteiger charge is -2.07. The van der Waals surface area contributed by atoms with E-state index < -0.39 is 5.97 Å². The first-order valence-electron chi connectivity index (χ1n) is 7.29. The van der Waals surface area contributed by atoms with Crippen LogP contribution < -0.4 is 9.47 Å². The number of carboxylic acids is 1. The number of aromatic carboxylic acids is 1. The fourth-order valence-electron chi connectivity index (χ4n) is 2.28. The molecule has 0 fully saturated rings. The van der Waals surface area contributed by atoms with Crippen LogP contribution in [0.3, 0.4) is 0 Å². The van der Waals surface area contributed by atoms with Gasteiger partial charge in [0.2, 0.25) is 0 Å². The standard InChI is InChI=1S/C19H18O5/c1-23-17-10-8-13(11-18(17)24-2)7-9-15(20)12-14-5-3-4-6-16(14)19(21)22/h3-11H,12H2,1-2H3,(H,21,22)/b9-7+. The first-order valence-corrected chi connectivity index (χ1v) is 7.29. The summed E-state index contributed by atoms with van der Waals surface area (Å²) in [7, 11) is 3.09. The van der Waals surface area contributed by atoms with Crippen molar-refractivity contribution in [3.05, 3.63) is 65.2 Å². The second kappa shape index (κ2) is 7.97. The molecule has 0 bridgehead atoms. The van der Waals surface area contributed by atoms with Crippen molar-refractivity contribution in [3.63, 3.8) is 0 Å². The third-order valence-electron chi connectivity index (χ3n) is 3.48. The van der Waals surface area contributed by atoms with Gasteiger partial charge in [-0.05, 0) is 35.4 Å². The monoisotopic (exact) mass is 326 g/mol. The average Bonchev–Trinajstić information content (AvgIpc) is 2.59. The molecule has 2 rings (SSSR count). The van der Waals surface area contributed by atoms with Crippen LogP contribution in [0.25, 0.3) is 6.08 Å². The van der Waals surface area contributed by atoms with Gasteiger partial charge in [-0.25, -0.2) is 4.79 Å². The molecule has 5 nitrogen and oxygen atoms in total. The maximum Gasteiger partial charge on any atom is 0.335 e. The lowest BCUT2D eigenvalue weighted by molar-refractivity contribution is -0.113. The molecule has 0 saturated carbocycles. The number of carboxylic acid groups (broad SMARTS) is 1. The van der Waals surface area contributed by atoms with E-state index in [9.17, 15) is 9.59 Å². The normalized spacial score (nSPS) is 10.6. The zero-order valence-electron chi connectivity index (χ0n) is 13.5. The Morgan fingerprint density at radius 1 is 1.04 bits per heavy atom. The second-order valence-electron chi connectivity index (χ2n) is 5.05. The first kappa shape index (κ1) is 17.3. The van der Waals surface area contributed by atoms with Crippen molar-refractivity contribution in [2.24, 2.45) is 0 Å². The van der Waals surface area contributed by atoms with Crippen LogP contribution in [-0.2, 0) is 11.2 Å². The highest BCUT2D eigenvalue weighted by molar-refractivity contribution is 5.97. The number of ether oxygens (including phenoxy) is 2. The largest absolute Gasteiger partial charge is 0.493 e. The Balaban J connectivity index is 2.13. The smallest absolute Gasteiger partial charge is 0.335 e. The molecule has 0 unspecified atom stereocenters. The Hall–Kier alpha value is -3.08. The molecule has 0 heterocycles. The zero-order valence-corrected chi connectivity index (χ0v) is 13.5. The minimum atomic E-state index is -1.04. The molecule has 0 aliphatic carbocycles. The summed E-state index contributed by atoms with van der Waals surface area (Å²) in [4.78, 5) is 23.3. The third-order valence-corrected chi connectivity index (χ3v) is 3.48. The molecule has 0 aromatic heterocycles. The molecular formula is C19H18O5. The Morgan fingerprint density at radius 2 is 1.75 bits per heavy atom. The fraction of sp³-hybridized carbons (Fsp3) is 0.158.